The molecule has 0 spiro atoms. The number of aromatic nitrogens is 2. The summed E-state index contributed by atoms with van der Waals surface area (Å²) >= 11 is 0. The van der Waals surface area contributed by atoms with E-state index in [0.717, 1.165) is 30.7 Å². The minimum atomic E-state index is -3.82. The van der Waals surface area contributed by atoms with Gasteiger partial charge in [-0.05, 0) is 49.7 Å². The number of aromatic amines is 1. The number of benzene rings is 2. The van der Waals surface area contributed by atoms with Gasteiger partial charge in [-0.1, -0.05) is 18.2 Å². The zero-order valence-electron chi connectivity index (χ0n) is 20.9. The molecular weight excluding hydrogens is 492 g/mol. The number of sulfone groups is 1. The number of nitrogens with one attached hydrogen (secondary N) is 2. The number of ether oxygens (including phenoxy) is 1. The number of H-pyrrole nitrogens is 1. The fourth-order valence-electron chi connectivity index (χ4n) is 4.59. The maximum atomic E-state index is 13.5. The summed E-state index contributed by atoms with van der Waals surface area (Å²) in [7, 11) is -3.82. The van der Waals surface area contributed by atoms with Gasteiger partial charge in [-0.3, -0.25) is 9.59 Å². The Morgan fingerprint density at radius 2 is 1.78 bits per heavy atom. The van der Waals surface area contributed by atoms with E-state index in [4.69, 9.17) is 4.74 Å². The van der Waals surface area contributed by atoms with Crippen LogP contribution in [0, 0.1) is 0 Å². The Bertz CT molecular complexity index is 1670. The monoisotopic (exact) mass is 520 g/mol. The number of carbonyl (C=O) groups is 1. The molecular formula is C27H28N4O5S. The van der Waals surface area contributed by atoms with E-state index < -0.39 is 21.3 Å². The lowest BCUT2D eigenvalue weighted by Gasteiger charge is -2.30. The third kappa shape index (κ3) is 4.82. The minimum Gasteiger partial charge on any atom is -0.378 e. The van der Waals surface area contributed by atoms with Gasteiger partial charge in [-0.15, -0.1) is 0 Å². The Balaban J connectivity index is 1.51. The lowest BCUT2D eigenvalue weighted by atomic mass is 9.95. The second-order valence-electron chi connectivity index (χ2n) is 9.75. The van der Waals surface area contributed by atoms with Crippen LogP contribution in [0.3, 0.4) is 0 Å². The predicted molar refractivity (Wildman–Crippen MR) is 143 cm³/mol. The van der Waals surface area contributed by atoms with E-state index in [1.54, 1.807) is 30.5 Å². The molecule has 1 aliphatic rings. The van der Waals surface area contributed by atoms with Gasteiger partial charge in [0.25, 0.3) is 5.91 Å². The second kappa shape index (κ2) is 9.28. The molecule has 2 aromatic carbocycles. The van der Waals surface area contributed by atoms with Gasteiger partial charge < -0.3 is 19.9 Å². The van der Waals surface area contributed by atoms with Crippen LogP contribution in [0.15, 0.2) is 64.4 Å². The first-order valence-corrected chi connectivity index (χ1v) is 13.8. The molecule has 0 atom stereocenters. The highest BCUT2D eigenvalue weighted by atomic mass is 32.2. The molecule has 0 unspecified atom stereocenters. The molecule has 192 valence electrons. The molecule has 4 aromatic rings. The number of hydrogen-bond acceptors (Lipinski definition) is 7. The highest BCUT2D eigenvalue weighted by Crippen LogP contribution is 2.26. The standard InChI is InChI=1S/C27H28N4O5S/c1-27(2,17-8-9-24(28-16-17)31-10-12-36-13-11-31)30-26(33)20-14-22-19(15-23(20)37(3,34)35)25(32)18-6-4-5-7-21(18)29-22/h4-9,14-16H,10-13H2,1-3H3,(H,29,32)(H,30,33). The van der Waals surface area contributed by atoms with Crippen molar-refractivity contribution in [3.05, 3.63) is 76.1 Å². The number of pyridine rings is 2. The van der Waals surface area contributed by atoms with Crippen molar-refractivity contribution in [3.8, 4) is 0 Å². The zero-order valence-corrected chi connectivity index (χ0v) is 21.7. The van der Waals surface area contributed by atoms with Gasteiger partial charge >= 0.3 is 0 Å². The highest BCUT2D eigenvalue weighted by Gasteiger charge is 2.28. The van der Waals surface area contributed by atoms with Gasteiger partial charge in [-0.25, -0.2) is 13.4 Å². The molecule has 1 amide bonds. The first-order valence-electron chi connectivity index (χ1n) is 12.0. The fraction of sp³-hybridized carbons (Fsp3) is 0.296. The van der Waals surface area contributed by atoms with Gasteiger partial charge in [0.05, 0.1) is 34.7 Å². The smallest absolute Gasteiger partial charge is 0.253 e. The Kier molecular flexibility index (Phi) is 6.25. The lowest BCUT2D eigenvalue weighted by Crippen LogP contribution is -2.41. The van der Waals surface area contributed by atoms with Crippen LogP contribution >= 0.6 is 0 Å². The number of rotatable bonds is 5. The molecule has 37 heavy (non-hydrogen) atoms. The molecule has 5 rings (SSSR count). The topological polar surface area (TPSA) is 121 Å². The quantitative estimate of drug-likeness (QED) is 0.388. The minimum absolute atomic E-state index is 0.0353. The number of amides is 1. The number of para-hydroxylation sites is 1. The van der Waals surface area contributed by atoms with Crippen LogP contribution < -0.4 is 15.6 Å². The Hall–Kier alpha value is -3.76. The Morgan fingerprint density at radius 1 is 1.05 bits per heavy atom. The van der Waals surface area contributed by atoms with Crippen molar-refractivity contribution in [2.24, 2.45) is 0 Å². The van der Waals surface area contributed by atoms with Crippen molar-refractivity contribution >= 4 is 43.4 Å². The SMILES string of the molecule is CC(C)(NC(=O)c1cc2[nH]c3ccccc3c(=O)c2cc1S(C)(=O)=O)c1ccc(N2CCOCC2)nc1. The zero-order chi connectivity index (χ0) is 26.4. The number of morpholine rings is 1. The van der Waals surface area contributed by atoms with E-state index in [9.17, 15) is 18.0 Å². The second-order valence-corrected chi connectivity index (χ2v) is 11.7. The van der Waals surface area contributed by atoms with Crippen molar-refractivity contribution < 1.29 is 17.9 Å². The number of nitrogens with zero attached hydrogens (tertiary/aromatic N) is 2. The van der Waals surface area contributed by atoms with E-state index in [1.807, 2.05) is 26.0 Å². The largest absolute Gasteiger partial charge is 0.378 e. The molecule has 10 heteroatoms. The number of anilines is 1. The van der Waals surface area contributed by atoms with Crippen LogP contribution in [0.5, 0.6) is 0 Å². The third-order valence-corrected chi connectivity index (χ3v) is 7.82. The van der Waals surface area contributed by atoms with E-state index in [0.29, 0.717) is 29.6 Å². The first-order chi connectivity index (χ1) is 17.5. The van der Waals surface area contributed by atoms with E-state index in [2.05, 4.69) is 20.2 Å². The molecule has 9 nitrogen and oxygen atoms in total. The van der Waals surface area contributed by atoms with Crippen molar-refractivity contribution in [2.75, 3.05) is 37.5 Å². The van der Waals surface area contributed by atoms with Crippen LogP contribution in [0.2, 0.25) is 0 Å². The summed E-state index contributed by atoms with van der Waals surface area (Å²) in [5, 5.41) is 3.60. The number of hydrogen-bond donors (Lipinski definition) is 2. The molecule has 0 saturated carbocycles. The summed E-state index contributed by atoms with van der Waals surface area (Å²) in [5.74, 6) is 0.262. The normalized spacial score (nSPS) is 14.7. The van der Waals surface area contributed by atoms with E-state index in [-0.39, 0.29) is 21.3 Å². The van der Waals surface area contributed by atoms with Crippen molar-refractivity contribution in [2.45, 2.75) is 24.3 Å². The summed E-state index contributed by atoms with van der Waals surface area (Å²) in [6.07, 6.45) is 2.74. The summed E-state index contributed by atoms with van der Waals surface area (Å²) < 4.78 is 30.8. The Morgan fingerprint density at radius 3 is 2.46 bits per heavy atom. The molecule has 0 radical (unpaired) electrons. The molecule has 0 bridgehead atoms. The molecule has 3 heterocycles. The van der Waals surface area contributed by atoms with Crippen molar-refractivity contribution in [3.63, 3.8) is 0 Å². The van der Waals surface area contributed by atoms with E-state index >= 15 is 0 Å². The first kappa shape index (κ1) is 24.9. The molecule has 1 saturated heterocycles. The van der Waals surface area contributed by atoms with Gasteiger partial charge in [-0.2, -0.15) is 0 Å². The summed E-state index contributed by atoms with van der Waals surface area (Å²) in [5.41, 5.74) is 0.563. The van der Waals surface area contributed by atoms with Crippen LogP contribution in [-0.4, -0.2) is 56.9 Å². The van der Waals surface area contributed by atoms with Crippen molar-refractivity contribution in [1.29, 1.82) is 0 Å². The number of fused-ring (bicyclic) bond motifs is 2. The van der Waals surface area contributed by atoms with Gasteiger partial charge in [0.2, 0.25) is 0 Å². The molecule has 0 aliphatic carbocycles. The fourth-order valence-corrected chi connectivity index (χ4v) is 5.48. The summed E-state index contributed by atoms with van der Waals surface area (Å²) in [4.78, 5) is 36.2. The lowest BCUT2D eigenvalue weighted by molar-refractivity contribution is 0.0908. The van der Waals surface area contributed by atoms with Gasteiger partial charge in [0, 0.05) is 41.8 Å². The maximum Gasteiger partial charge on any atom is 0.253 e. The third-order valence-electron chi connectivity index (χ3n) is 6.68. The Labute approximate surface area is 214 Å². The average molecular weight is 521 g/mol. The molecule has 1 fully saturated rings. The molecule has 2 N–H and O–H groups in total. The predicted octanol–water partition coefficient (Wildman–Crippen LogP) is 2.98. The van der Waals surface area contributed by atoms with Crippen LogP contribution in [-0.2, 0) is 20.1 Å². The van der Waals surface area contributed by atoms with Gasteiger partial charge in [0.15, 0.2) is 15.3 Å². The average Bonchev–Trinajstić information content (AvgIpc) is 2.88. The van der Waals surface area contributed by atoms with Crippen molar-refractivity contribution in [1.82, 2.24) is 15.3 Å². The summed E-state index contributed by atoms with van der Waals surface area (Å²) in [6.45, 7) is 6.49. The maximum absolute atomic E-state index is 13.5. The highest BCUT2D eigenvalue weighted by molar-refractivity contribution is 7.90. The van der Waals surface area contributed by atoms with Crippen LogP contribution in [0.4, 0.5) is 5.82 Å². The molecule has 2 aromatic heterocycles. The van der Waals surface area contributed by atoms with Crippen LogP contribution in [0.25, 0.3) is 21.8 Å². The molecule has 1 aliphatic heterocycles. The van der Waals surface area contributed by atoms with Gasteiger partial charge in [0.1, 0.15) is 5.82 Å². The summed E-state index contributed by atoms with van der Waals surface area (Å²) in [6, 6.07) is 13.5. The van der Waals surface area contributed by atoms with Crippen LogP contribution in [0.1, 0.15) is 29.8 Å². The van der Waals surface area contributed by atoms with E-state index in [1.165, 1.54) is 12.1 Å². The number of carbonyl (C=O) groups excluding carboxylic acids is 1.